The van der Waals surface area contributed by atoms with Gasteiger partial charge in [-0.25, -0.2) is 0 Å². The van der Waals surface area contributed by atoms with Crippen molar-refractivity contribution in [3.63, 3.8) is 0 Å². The van der Waals surface area contributed by atoms with E-state index in [1.165, 1.54) is 4.90 Å². The number of carbonyl (C=O) groups is 2. The molecule has 0 aliphatic heterocycles. The van der Waals surface area contributed by atoms with Gasteiger partial charge in [-0.2, -0.15) is 5.26 Å². The van der Waals surface area contributed by atoms with Crippen LogP contribution in [0.3, 0.4) is 0 Å². The van der Waals surface area contributed by atoms with Gasteiger partial charge in [0, 0.05) is 12.2 Å². The Kier molecular flexibility index (Phi) is 6.56. The number of nitrogens with two attached hydrogens (primary N) is 1. The zero-order chi connectivity index (χ0) is 20.0. The van der Waals surface area contributed by atoms with E-state index in [9.17, 15) is 9.59 Å². The highest BCUT2D eigenvalue weighted by Gasteiger charge is 2.18. The highest BCUT2D eigenvalue weighted by Crippen LogP contribution is 2.22. The van der Waals surface area contributed by atoms with E-state index in [2.05, 4.69) is 6.07 Å². The van der Waals surface area contributed by atoms with Gasteiger partial charge in [-0.1, -0.05) is 12.1 Å². The van der Waals surface area contributed by atoms with Crippen LogP contribution in [0.25, 0.3) is 0 Å². The molecule has 2 rings (SSSR count). The Morgan fingerprint density at radius 2 is 1.74 bits per heavy atom. The quantitative estimate of drug-likeness (QED) is 0.815. The second-order valence-corrected chi connectivity index (χ2v) is 6.45. The summed E-state index contributed by atoms with van der Waals surface area (Å²) in [6.45, 7) is 5.76. The highest BCUT2D eigenvalue weighted by atomic mass is 16.5. The van der Waals surface area contributed by atoms with E-state index in [1.807, 2.05) is 39.0 Å². The Labute approximate surface area is 159 Å². The van der Waals surface area contributed by atoms with Crippen LogP contribution in [0.1, 0.15) is 33.5 Å². The maximum atomic E-state index is 12.8. The summed E-state index contributed by atoms with van der Waals surface area (Å²) in [5.74, 6) is -0.642. The maximum Gasteiger partial charge on any atom is 0.264 e. The summed E-state index contributed by atoms with van der Waals surface area (Å²) in [7, 11) is 0. The molecule has 0 radical (unpaired) electrons. The Morgan fingerprint density at radius 3 is 2.33 bits per heavy atom. The molecule has 0 spiro atoms. The van der Waals surface area contributed by atoms with Gasteiger partial charge in [0.1, 0.15) is 5.75 Å². The fourth-order valence-corrected chi connectivity index (χ4v) is 2.84. The Balaban J connectivity index is 2.23. The number of amides is 2. The molecule has 0 bridgehead atoms. The molecule has 27 heavy (non-hydrogen) atoms. The molecule has 6 nitrogen and oxygen atoms in total. The number of rotatable bonds is 7. The van der Waals surface area contributed by atoms with Gasteiger partial charge >= 0.3 is 0 Å². The molecule has 0 saturated carbocycles. The van der Waals surface area contributed by atoms with Crippen molar-refractivity contribution in [3.05, 3.63) is 58.7 Å². The number of nitriles is 1. The van der Waals surface area contributed by atoms with E-state index < -0.39 is 5.91 Å². The topological polar surface area (TPSA) is 96.4 Å². The fourth-order valence-electron chi connectivity index (χ4n) is 2.84. The summed E-state index contributed by atoms with van der Waals surface area (Å²) in [5, 5.41) is 8.92. The van der Waals surface area contributed by atoms with Crippen LogP contribution in [0.15, 0.2) is 36.4 Å². The molecule has 2 aromatic carbocycles. The molecule has 0 unspecified atom stereocenters. The van der Waals surface area contributed by atoms with Gasteiger partial charge in [-0.3, -0.25) is 9.59 Å². The third-order valence-electron chi connectivity index (χ3n) is 4.02. The first-order chi connectivity index (χ1) is 12.8. The highest BCUT2D eigenvalue weighted by molar-refractivity contribution is 5.97. The normalized spacial score (nSPS) is 10.1. The van der Waals surface area contributed by atoms with E-state index in [-0.39, 0.29) is 36.8 Å². The number of hydrogen-bond donors (Lipinski definition) is 1. The Hall–Kier alpha value is -3.33. The van der Waals surface area contributed by atoms with Crippen molar-refractivity contribution in [2.24, 2.45) is 5.73 Å². The molecular weight excluding hydrogens is 342 g/mol. The molecule has 140 valence electrons. The molecule has 0 aliphatic carbocycles. The standard InChI is InChI=1S/C21H23N3O3/c1-14-5-6-18(21(23)26)19(12-14)27-13-20(25)24(8-4-7-22)17-10-15(2)9-16(3)11-17/h5-6,9-12H,4,8,13H2,1-3H3,(H2,23,26). The number of hydrogen-bond acceptors (Lipinski definition) is 4. The lowest BCUT2D eigenvalue weighted by Crippen LogP contribution is -2.36. The largest absolute Gasteiger partial charge is 0.483 e. The molecule has 2 amide bonds. The van der Waals surface area contributed by atoms with Crippen molar-refractivity contribution in [2.45, 2.75) is 27.2 Å². The summed E-state index contributed by atoms with van der Waals surface area (Å²) >= 11 is 0. The van der Waals surface area contributed by atoms with Gasteiger partial charge in [-0.05, 0) is 61.7 Å². The Morgan fingerprint density at radius 1 is 1.07 bits per heavy atom. The van der Waals surface area contributed by atoms with Crippen molar-refractivity contribution in [1.82, 2.24) is 0 Å². The van der Waals surface area contributed by atoms with E-state index in [4.69, 9.17) is 15.7 Å². The molecular formula is C21H23N3O3. The number of ether oxygens (including phenoxy) is 1. The van der Waals surface area contributed by atoms with Gasteiger partial charge in [0.2, 0.25) is 0 Å². The number of primary amides is 1. The van der Waals surface area contributed by atoms with Crippen molar-refractivity contribution >= 4 is 17.5 Å². The summed E-state index contributed by atoms with van der Waals surface area (Å²) in [5.41, 5.74) is 9.25. The molecule has 0 saturated heterocycles. The Bertz CT molecular complexity index is 880. The number of anilines is 1. The van der Waals surface area contributed by atoms with Gasteiger partial charge in [0.25, 0.3) is 11.8 Å². The number of nitrogens with zero attached hydrogens (tertiary/aromatic N) is 2. The fraction of sp³-hybridized carbons (Fsp3) is 0.286. The average molecular weight is 365 g/mol. The van der Waals surface area contributed by atoms with E-state index in [0.29, 0.717) is 0 Å². The van der Waals surface area contributed by atoms with Crippen LogP contribution in [0.2, 0.25) is 0 Å². The monoisotopic (exact) mass is 365 g/mol. The van der Waals surface area contributed by atoms with Crippen LogP contribution in [0.4, 0.5) is 5.69 Å². The van der Waals surface area contributed by atoms with Gasteiger partial charge in [-0.15, -0.1) is 0 Å². The molecule has 0 heterocycles. The smallest absolute Gasteiger partial charge is 0.264 e. The first-order valence-electron chi connectivity index (χ1n) is 8.60. The lowest BCUT2D eigenvalue weighted by molar-refractivity contribution is -0.120. The first kappa shape index (κ1) is 20.0. The van der Waals surface area contributed by atoms with E-state index >= 15 is 0 Å². The van der Waals surface area contributed by atoms with Crippen LogP contribution in [-0.4, -0.2) is 25.0 Å². The number of benzene rings is 2. The van der Waals surface area contributed by atoms with Crippen molar-refractivity contribution in [2.75, 3.05) is 18.1 Å². The van der Waals surface area contributed by atoms with Crippen molar-refractivity contribution in [1.29, 1.82) is 5.26 Å². The predicted octanol–water partition coefficient (Wildman–Crippen LogP) is 3.04. The molecule has 0 atom stereocenters. The second kappa shape index (κ2) is 8.86. The first-order valence-corrected chi connectivity index (χ1v) is 8.60. The molecule has 0 aromatic heterocycles. The zero-order valence-electron chi connectivity index (χ0n) is 15.8. The van der Waals surface area contributed by atoms with Gasteiger partial charge < -0.3 is 15.4 Å². The number of carbonyl (C=O) groups excluding carboxylic acids is 2. The van der Waals surface area contributed by atoms with Crippen molar-refractivity contribution < 1.29 is 14.3 Å². The van der Waals surface area contributed by atoms with Gasteiger partial charge in [0.15, 0.2) is 6.61 Å². The van der Waals surface area contributed by atoms with E-state index in [0.717, 1.165) is 22.4 Å². The summed E-state index contributed by atoms with van der Waals surface area (Å²) in [4.78, 5) is 25.9. The molecule has 0 fully saturated rings. The minimum Gasteiger partial charge on any atom is -0.483 e. The summed E-state index contributed by atoms with van der Waals surface area (Å²) in [6.07, 6.45) is 0.204. The minimum absolute atomic E-state index is 0.204. The minimum atomic E-state index is -0.618. The SMILES string of the molecule is Cc1cc(C)cc(N(CCC#N)C(=O)COc2cc(C)ccc2C(N)=O)c1. The van der Waals surface area contributed by atoms with E-state index in [1.54, 1.807) is 18.2 Å². The van der Waals surface area contributed by atoms with Crippen LogP contribution < -0.4 is 15.4 Å². The predicted molar refractivity (Wildman–Crippen MR) is 104 cm³/mol. The average Bonchev–Trinajstić information content (AvgIpc) is 2.59. The van der Waals surface area contributed by atoms with Crippen LogP contribution >= 0.6 is 0 Å². The van der Waals surface area contributed by atoms with Crippen LogP contribution in [-0.2, 0) is 4.79 Å². The third-order valence-corrected chi connectivity index (χ3v) is 4.02. The maximum absolute atomic E-state index is 12.8. The third kappa shape index (κ3) is 5.32. The van der Waals surface area contributed by atoms with Crippen molar-refractivity contribution in [3.8, 4) is 11.8 Å². The zero-order valence-corrected chi connectivity index (χ0v) is 15.8. The summed E-state index contributed by atoms with van der Waals surface area (Å²) < 4.78 is 5.61. The molecule has 2 aromatic rings. The molecule has 6 heteroatoms. The van der Waals surface area contributed by atoms with Crippen LogP contribution in [0, 0.1) is 32.1 Å². The summed E-state index contributed by atoms with van der Waals surface area (Å²) in [6, 6.07) is 12.9. The van der Waals surface area contributed by atoms with Crippen LogP contribution in [0.5, 0.6) is 5.75 Å². The van der Waals surface area contributed by atoms with Gasteiger partial charge in [0.05, 0.1) is 18.1 Å². The number of aryl methyl sites for hydroxylation is 3. The lowest BCUT2D eigenvalue weighted by atomic mass is 10.1. The molecule has 0 aliphatic rings. The second-order valence-electron chi connectivity index (χ2n) is 6.45. The molecule has 2 N–H and O–H groups in total. The lowest BCUT2D eigenvalue weighted by Gasteiger charge is -2.23.